The maximum Gasteiger partial charge on any atom is 0.266 e. The Kier molecular flexibility index (Phi) is 5.04. The second-order valence-electron chi connectivity index (χ2n) is 6.79. The number of rotatable bonds is 6. The van der Waals surface area contributed by atoms with E-state index in [4.69, 9.17) is 4.74 Å². The van der Waals surface area contributed by atoms with Crippen molar-refractivity contribution >= 4 is 22.3 Å². The van der Waals surface area contributed by atoms with Crippen molar-refractivity contribution in [3.8, 4) is 0 Å². The zero-order chi connectivity index (χ0) is 19.7. The third-order valence-electron chi connectivity index (χ3n) is 4.78. The van der Waals surface area contributed by atoms with Crippen LogP contribution < -0.4 is 10.6 Å². The van der Waals surface area contributed by atoms with E-state index in [0.29, 0.717) is 24.4 Å². The van der Waals surface area contributed by atoms with Gasteiger partial charge < -0.3 is 15.4 Å². The zero-order valence-electron chi connectivity index (χ0n) is 15.1. The van der Waals surface area contributed by atoms with Gasteiger partial charge in [0.15, 0.2) is 0 Å². The highest BCUT2D eigenvalue weighted by Crippen LogP contribution is 2.31. The van der Waals surface area contributed by atoms with Crippen molar-refractivity contribution in [2.75, 3.05) is 23.8 Å². The number of nitrogens with one attached hydrogen (secondary N) is 2. The fourth-order valence-electron chi connectivity index (χ4n) is 3.20. The molecule has 8 heteroatoms. The van der Waals surface area contributed by atoms with Crippen LogP contribution in [0.4, 0.5) is 24.5 Å². The fraction of sp³-hybridized carbons (Fsp3) is 0.300. The Balaban J connectivity index is 1.63. The lowest BCUT2D eigenvalue weighted by molar-refractivity contribution is 0.0211. The van der Waals surface area contributed by atoms with Crippen molar-refractivity contribution in [1.29, 1.82) is 0 Å². The van der Waals surface area contributed by atoms with Gasteiger partial charge in [-0.25, -0.2) is 13.2 Å². The van der Waals surface area contributed by atoms with E-state index >= 15 is 0 Å². The molecule has 146 valence electrons. The first-order chi connectivity index (χ1) is 13.5. The number of ether oxygens (including phenoxy) is 1. The van der Waals surface area contributed by atoms with Crippen molar-refractivity contribution < 1.29 is 17.9 Å². The molecule has 0 unspecified atom stereocenters. The van der Waals surface area contributed by atoms with Gasteiger partial charge in [0.1, 0.15) is 5.82 Å². The van der Waals surface area contributed by atoms with Gasteiger partial charge in [0.05, 0.1) is 48.3 Å². The van der Waals surface area contributed by atoms with Crippen LogP contribution in [0.5, 0.6) is 0 Å². The monoisotopic (exact) mass is 388 g/mol. The Morgan fingerprint density at radius 2 is 1.93 bits per heavy atom. The van der Waals surface area contributed by atoms with Gasteiger partial charge in [-0.1, -0.05) is 18.2 Å². The van der Waals surface area contributed by atoms with Crippen LogP contribution in [0, 0.1) is 5.82 Å². The Hall–Kier alpha value is -2.87. The highest BCUT2D eigenvalue weighted by atomic mass is 19.3. The lowest BCUT2D eigenvalue weighted by Gasteiger charge is -2.28. The molecule has 0 bridgehead atoms. The van der Waals surface area contributed by atoms with E-state index in [9.17, 15) is 13.2 Å². The van der Waals surface area contributed by atoms with E-state index in [1.165, 1.54) is 12.1 Å². The van der Waals surface area contributed by atoms with E-state index < -0.39 is 23.8 Å². The van der Waals surface area contributed by atoms with Crippen LogP contribution in [0.2, 0.25) is 0 Å². The SMILES string of the molecule is C[C@@H](Nc1cnnc2ccc(NC3COC3)cc12)c1cccc(C(F)F)c1F. The molecule has 0 saturated carbocycles. The van der Waals surface area contributed by atoms with Gasteiger partial charge in [0.2, 0.25) is 0 Å². The molecule has 2 heterocycles. The second-order valence-corrected chi connectivity index (χ2v) is 6.79. The molecule has 2 aromatic carbocycles. The number of hydrogen-bond donors (Lipinski definition) is 2. The Bertz CT molecular complexity index is 994. The maximum absolute atomic E-state index is 14.5. The largest absolute Gasteiger partial charge is 0.378 e. The number of halogens is 3. The van der Waals surface area contributed by atoms with Gasteiger partial charge in [0, 0.05) is 16.6 Å². The first-order valence-electron chi connectivity index (χ1n) is 8.95. The highest BCUT2D eigenvalue weighted by molar-refractivity contribution is 5.92. The van der Waals surface area contributed by atoms with Crippen LogP contribution >= 0.6 is 0 Å². The summed E-state index contributed by atoms with van der Waals surface area (Å²) in [6, 6.07) is 9.46. The lowest BCUT2D eigenvalue weighted by Crippen LogP contribution is -2.40. The Morgan fingerprint density at radius 1 is 1.14 bits per heavy atom. The number of nitrogens with zero attached hydrogens (tertiary/aromatic N) is 2. The summed E-state index contributed by atoms with van der Waals surface area (Å²) in [7, 11) is 0. The van der Waals surface area contributed by atoms with Crippen LogP contribution in [-0.2, 0) is 4.74 Å². The lowest BCUT2D eigenvalue weighted by atomic mass is 10.0. The van der Waals surface area contributed by atoms with Crippen LogP contribution in [0.3, 0.4) is 0 Å². The number of hydrogen-bond acceptors (Lipinski definition) is 5. The topological polar surface area (TPSA) is 59.1 Å². The van der Waals surface area contributed by atoms with E-state index in [1.807, 2.05) is 18.2 Å². The molecule has 1 atom stereocenters. The summed E-state index contributed by atoms with van der Waals surface area (Å²) < 4.78 is 45.6. The minimum atomic E-state index is -2.86. The Labute approximate surface area is 159 Å². The molecule has 0 radical (unpaired) electrons. The third-order valence-corrected chi connectivity index (χ3v) is 4.78. The fourth-order valence-corrected chi connectivity index (χ4v) is 3.20. The van der Waals surface area contributed by atoms with Crippen molar-refractivity contribution in [2.24, 2.45) is 0 Å². The summed E-state index contributed by atoms with van der Waals surface area (Å²) in [5.41, 5.74) is 1.80. The van der Waals surface area contributed by atoms with E-state index in [2.05, 4.69) is 20.8 Å². The minimum Gasteiger partial charge on any atom is -0.378 e. The smallest absolute Gasteiger partial charge is 0.266 e. The molecule has 2 N–H and O–H groups in total. The number of benzene rings is 2. The van der Waals surface area contributed by atoms with E-state index in [-0.39, 0.29) is 11.6 Å². The van der Waals surface area contributed by atoms with Crippen molar-refractivity contribution in [1.82, 2.24) is 10.2 Å². The molecule has 0 aliphatic carbocycles. The zero-order valence-corrected chi connectivity index (χ0v) is 15.1. The standard InChI is InChI=1S/C20H19F3N4O/c1-11(14-3-2-4-15(19(14)21)20(22)23)25-18-8-24-27-17-6-5-12(7-16(17)18)26-13-9-28-10-13/h2-8,11,13,20,26H,9-10H2,1H3,(H,25,27)/t11-/m1/s1. The van der Waals surface area contributed by atoms with Crippen molar-refractivity contribution in [2.45, 2.75) is 25.4 Å². The molecule has 5 nitrogen and oxygen atoms in total. The number of alkyl halides is 2. The molecule has 1 saturated heterocycles. The predicted octanol–water partition coefficient (Wildman–Crippen LogP) is 4.69. The second kappa shape index (κ2) is 7.63. The average Bonchev–Trinajstić information content (AvgIpc) is 2.65. The van der Waals surface area contributed by atoms with Gasteiger partial charge in [-0.05, 0) is 25.1 Å². The molecular weight excluding hydrogens is 369 g/mol. The van der Waals surface area contributed by atoms with Crippen LogP contribution in [-0.4, -0.2) is 29.5 Å². The summed E-state index contributed by atoms with van der Waals surface area (Å²) in [5, 5.41) is 15.4. The summed E-state index contributed by atoms with van der Waals surface area (Å²) in [4.78, 5) is 0. The number of fused-ring (bicyclic) bond motifs is 1. The first kappa shape index (κ1) is 18.5. The van der Waals surface area contributed by atoms with Gasteiger partial charge in [0.25, 0.3) is 6.43 Å². The highest BCUT2D eigenvalue weighted by Gasteiger charge is 2.21. The molecule has 4 rings (SSSR count). The van der Waals surface area contributed by atoms with Gasteiger partial charge in [-0.2, -0.15) is 10.2 Å². The number of aromatic nitrogens is 2. The predicted molar refractivity (Wildman–Crippen MR) is 101 cm³/mol. The minimum absolute atomic E-state index is 0.170. The van der Waals surface area contributed by atoms with Crippen LogP contribution in [0.15, 0.2) is 42.6 Å². The quantitative estimate of drug-likeness (QED) is 0.642. The molecule has 1 aliphatic rings. The average molecular weight is 388 g/mol. The third kappa shape index (κ3) is 3.60. The maximum atomic E-state index is 14.5. The van der Waals surface area contributed by atoms with Crippen LogP contribution in [0.25, 0.3) is 10.9 Å². The summed E-state index contributed by atoms with van der Waals surface area (Å²) in [6.45, 7) is 3.04. The van der Waals surface area contributed by atoms with Gasteiger partial charge in [-0.15, -0.1) is 0 Å². The molecule has 3 aromatic rings. The molecule has 0 amide bonds. The van der Waals surface area contributed by atoms with Crippen LogP contribution in [0.1, 0.15) is 30.5 Å². The van der Waals surface area contributed by atoms with Gasteiger partial charge >= 0.3 is 0 Å². The Morgan fingerprint density at radius 3 is 2.64 bits per heavy atom. The summed E-state index contributed by atoms with van der Waals surface area (Å²) >= 11 is 0. The molecule has 1 aromatic heterocycles. The van der Waals surface area contributed by atoms with E-state index in [0.717, 1.165) is 17.1 Å². The van der Waals surface area contributed by atoms with Crippen molar-refractivity contribution in [3.63, 3.8) is 0 Å². The molecular formula is C20H19F3N4O. The van der Waals surface area contributed by atoms with E-state index in [1.54, 1.807) is 13.1 Å². The van der Waals surface area contributed by atoms with Crippen molar-refractivity contribution in [3.05, 3.63) is 59.5 Å². The molecule has 1 fully saturated rings. The summed E-state index contributed by atoms with van der Waals surface area (Å²) in [5.74, 6) is -0.892. The molecule has 0 spiro atoms. The molecule has 1 aliphatic heterocycles. The summed E-state index contributed by atoms with van der Waals surface area (Å²) in [6.07, 6.45) is -1.32. The number of anilines is 2. The molecule has 28 heavy (non-hydrogen) atoms. The van der Waals surface area contributed by atoms with Gasteiger partial charge in [-0.3, -0.25) is 0 Å². The first-order valence-corrected chi connectivity index (χ1v) is 8.95. The normalized spacial score (nSPS) is 15.5.